The van der Waals surface area contributed by atoms with E-state index in [2.05, 4.69) is 15.0 Å². The summed E-state index contributed by atoms with van der Waals surface area (Å²) in [6.07, 6.45) is 6.11. The molecule has 3 N–H and O–H groups in total. The third-order valence-electron chi connectivity index (χ3n) is 3.97. The fraction of sp³-hybridized carbons (Fsp3) is 0.917. The molecule has 2 rings (SSSR count). The van der Waals surface area contributed by atoms with E-state index in [1.54, 1.807) is 0 Å². The molecule has 2 aliphatic heterocycles. The molecule has 0 aliphatic carbocycles. The van der Waals surface area contributed by atoms with Crippen LogP contribution in [0, 0.1) is 0 Å². The standard InChI is InChI=1S/C12H24N4O/c13-12(14-17)11-5-1-2-8-16(11)10-9-15-6-3-4-7-15/h11,17H,1-10H2,(H2,13,14). The van der Waals surface area contributed by atoms with Crippen molar-refractivity contribution in [3.8, 4) is 0 Å². The molecule has 1 unspecified atom stereocenters. The fourth-order valence-electron chi connectivity index (χ4n) is 2.94. The summed E-state index contributed by atoms with van der Waals surface area (Å²) >= 11 is 0. The first-order chi connectivity index (χ1) is 8.31. The molecule has 17 heavy (non-hydrogen) atoms. The number of hydrogen-bond donors (Lipinski definition) is 2. The first kappa shape index (κ1) is 12.6. The molecule has 0 radical (unpaired) electrons. The lowest BCUT2D eigenvalue weighted by atomic mass is 10.0. The highest BCUT2D eigenvalue weighted by atomic mass is 16.4. The molecule has 2 saturated heterocycles. The molecule has 0 bridgehead atoms. The van der Waals surface area contributed by atoms with E-state index < -0.39 is 0 Å². The van der Waals surface area contributed by atoms with Gasteiger partial charge in [0.2, 0.25) is 0 Å². The maximum atomic E-state index is 8.81. The van der Waals surface area contributed by atoms with Gasteiger partial charge in [-0.3, -0.25) is 4.90 Å². The Balaban J connectivity index is 1.83. The molecule has 2 heterocycles. The van der Waals surface area contributed by atoms with Gasteiger partial charge in [0.1, 0.15) is 0 Å². The van der Waals surface area contributed by atoms with Crippen LogP contribution in [0.5, 0.6) is 0 Å². The number of amidine groups is 1. The molecule has 0 aromatic rings. The quantitative estimate of drug-likeness (QED) is 0.328. The molecule has 98 valence electrons. The third kappa shape index (κ3) is 3.33. The highest BCUT2D eigenvalue weighted by molar-refractivity contribution is 5.85. The van der Waals surface area contributed by atoms with Crippen LogP contribution in [-0.4, -0.2) is 59.6 Å². The molecule has 5 nitrogen and oxygen atoms in total. The Kier molecular flexibility index (Phi) is 4.62. The number of hydrogen-bond acceptors (Lipinski definition) is 4. The van der Waals surface area contributed by atoms with E-state index in [0.29, 0.717) is 5.84 Å². The molecule has 0 aromatic carbocycles. The normalized spacial score (nSPS) is 28.7. The molecule has 1 atom stereocenters. The van der Waals surface area contributed by atoms with Crippen LogP contribution in [0.3, 0.4) is 0 Å². The highest BCUT2D eigenvalue weighted by Crippen LogP contribution is 2.17. The Morgan fingerprint density at radius 2 is 1.82 bits per heavy atom. The van der Waals surface area contributed by atoms with Crippen LogP contribution in [-0.2, 0) is 0 Å². The minimum absolute atomic E-state index is 0.149. The zero-order chi connectivity index (χ0) is 12.1. The number of oxime groups is 1. The zero-order valence-corrected chi connectivity index (χ0v) is 10.5. The average molecular weight is 240 g/mol. The van der Waals surface area contributed by atoms with Crippen LogP contribution >= 0.6 is 0 Å². The van der Waals surface area contributed by atoms with Crippen molar-refractivity contribution in [3.05, 3.63) is 0 Å². The van der Waals surface area contributed by atoms with E-state index in [-0.39, 0.29) is 6.04 Å². The molecule has 0 spiro atoms. The van der Waals surface area contributed by atoms with Gasteiger partial charge < -0.3 is 15.8 Å². The van der Waals surface area contributed by atoms with Crippen molar-refractivity contribution in [2.24, 2.45) is 10.9 Å². The van der Waals surface area contributed by atoms with Crippen LogP contribution in [0.15, 0.2) is 5.16 Å². The summed E-state index contributed by atoms with van der Waals surface area (Å²) in [6, 6.07) is 0.149. The van der Waals surface area contributed by atoms with E-state index in [4.69, 9.17) is 10.9 Å². The number of rotatable bonds is 4. The second-order valence-corrected chi connectivity index (χ2v) is 5.12. The summed E-state index contributed by atoms with van der Waals surface area (Å²) < 4.78 is 0. The van der Waals surface area contributed by atoms with Gasteiger partial charge in [-0.05, 0) is 45.3 Å². The second kappa shape index (κ2) is 6.21. The molecule has 2 aliphatic rings. The summed E-state index contributed by atoms with van der Waals surface area (Å²) in [6.45, 7) is 5.72. The van der Waals surface area contributed by atoms with Crippen molar-refractivity contribution in [3.63, 3.8) is 0 Å². The average Bonchev–Trinajstić information content (AvgIpc) is 2.89. The van der Waals surface area contributed by atoms with Crippen molar-refractivity contribution in [2.45, 2.75) is 38.1 Å². The molecular formula is C12H24N4O. The van der Waals surface area contributed by atoms with Gasteiger partial charge >= 0.3 is 0 Å². The van der Waals surface area contributed by atoms with E-state index in [1.165, 1.54) is 38.8 Å². The van der Waals surface area contributed by atoms with Crippen molar-refractivity contribution in [1.82, 2.24) is 9.80 Å². The second-order valence-electron chi connectivity index (χ2n) is 5.12. The predicted molar refractivity (Wildman–Crippen MR) is 68.3 cm³/mol. The monoisotopic (exact) mass is 240 g/mol. The molecule has 0 amide bonds. The largest absolute Gasteiger partial charge is 0.409 e. The summed E-state index contributed by atoms with van der Waals surface area (Å²) in [5.74, 6) is 0.381. The minimum Gasteiger partial charge on any atom is -0.409 e. The lowest BCUT2D eigenvalue weighted by Gasteiger charge is -2.35. The Morgan fingerprint density at radius 1 is 1.12 bits per heavy atom. The number of likely N-dealkylation sites (tertiary alicyclic amines) is 2. The van der Waals surface area contributed by atoms with Crippen molar-refractivity contribution < 1.29 is 5.21 Å². The maximum absolute atomic E-state index is 8.81. The van der Waals surface area contributed by atoms with Gasteiger partial charge in [0.15, 0.2) is 5.84 Å². The molecule has 2 fully saturated rings. The summed E-state index contributed by atoms with van der Waals surface area (Å²) in [5.41, 5.74) is 5.77. The molecule has 0 aromatic heterocycles. The van der Waals surface area contributed by atoms with Crippen LogP contribution in [0.25, 0.3) is 0 Å². The summed E-state index contributed by atoms with van der Waals surface area (Å²) in [5, 5.41) is 12.0. The fourth-order valence-corrected chi connectivity index (χ4v) is 2.94. The van der Waals surface area contributed by atoms with Crippen LogP contribution in [0.2, 0.25) is 0 Å². The Morgan fingerprint density at radius 3 is 2.53 bits per heavy atom. The van der Waals surface area contributed by atoms with Gasteiger partial charge in [-0.2, -0.15) is 0 Å². The van der Waals surface area contributed by atoms with E-state index in [1.807, 2.05) is 0 Å². The van der Waals surface area contributed by atoms with Gasteiger partial charge in [-0.1, -0.05) is 11.6 Å². The lowest BCUT2D eigenvalue weighted by molar-refractivity contribution is 0.164. The Labute approximate surface area is 103 Å². The molecule has 5 heteroatoms. The van der Waals surface area contributed by atoms with E-state index >= 15 is 0 Å². The van der Waals surface area contributed by atoms with Gasteiger partial charge in [-0.15, -0.1) is 0 Å². The van der Waals surface area contributed by atoms with Gasteiger partial charge in [0.05, 0.1) is 6.04 Å². The topological polar surface area (TPSA) is 65.1 Å². The number of nitrogens with zero attached hydrogens (tertiary/aromatic N) is 3. The molecule has 0 saturated carbocycles. The van der Waals surface area contributed by atoms with E-state index in [9.17, 15) is 0 Å². The Bertz CT molecular complexity index is 263. The predicted octanol–water partition coefficient (Wildman–Crippen LogP) is 0.683. The first-order valence-corrected chi connectivity index (χ1v) is 6.75. The SMILES string of the molecule is NC(=NO)C1CCCCN1CCN1CCCC1. The van der Waals surface area contributed by atoms with E-state index in [0.717, 1.165) is 26.1 Å². The van der Waals surface area contributed by atoms with Gasteiger partial charge in [-0.25, -0.2) is 0 Å². The third-order valence-corrected chi connectivity index (χ3v) is 3.97. The van der Waals surface area contributed by atoms with Gasteiger partial charge in [0, 0.05) is 13.1 Å². The van der Waals surface area contributed by atoms with Crippen LogP contribution in [0.1, 0.15) is 32.1 Å². The van der Waals surface area contributed by atoms with Gasteiger partial charge in [0.25, 0.3) is 0 Å². The summed E-state index contributed by atoms with van der Waals surface area (Å²) in [7, 11) is 0. The lowest BCUT2D eigenvalue weighted by Crippen LogP contribution is -2.50. The summed E-state index contributed by atoms with van der Waals surface area (Å²) in [4.78, 5) is 4.88. The maximum Gasteiger partial charge on any atom is 0.156 e. The van der Waals surface area contributed by atoms with Crippen LogP contribution in [0.4, 0.5) is 0 Å². The first-order valence-electron chi connectivity index (χ1n) is 6.75. The number of nitrogens with two attached hydrogens (primary N) is 1. The Hall–Kier alpha value is -0.810. The van der Waals surface area contributed by atoms with Crippen molar-refractivity contribution in [1.29, 1.82) is 0 Å². The smallest absolute Gasteiger partial charge is 0.156 e. The van der Waals surface area contributed by atoms with Crippen molar-refractivity contribution >= 4 is 5.84 Å². The number of piperidine rings is 1. The zero-order valence-electron chi connectivity index (χ0n) is 10.5. The highest BCUT2D eigenvalue weighted by Gasteiger charge is 2.26. The van der Waals surface area contributed by atoms with Crippen molar-refractivity contribution in [2.75, 3.05) is 32.7 Å². The molecular weight excluding hydrogens is 216 g/mol. The minimum atomic E-state index is 0.149. The van der Waals surface area contributed by atoms with Crippen LogP contribution < -0.4 is 5.73 Å².